The van der Waals surface area contributed by atoms with Crippen LogP contribution < -0.4 is 19.5 Å². The largest absolute Gasteiger partial charge is 0.504 e. The van der Waals surface area contributed by atoms with Crippen molar-refractivity contribution < 1.29 is 19.3 Å². The molecule has 6 nitrogen and oxygen atoms in total. The summed E-state index contributed by atoms with van der Waals surface area (Å²) in [5, 5.41) is 14.1. The third-order valence-electron chi connectivity index (χ3n) is 8.44. The van der Waals surface area contributed by atoms with Crippen molar-refractivity contribution in [2.45, 2.75) is 51.1 Å². The summed E-state index contributed by atoms with van der Waals surface area (Å²) < 4.78 is 16.7. The number of hydrogen-bond donors (Lipinski definition) is 2. The van der Waals surface area contributed by atoms with Crippen LogP contribution in [0, 0.1) is 11.8 Å². The van der Waals surface area contributed by atoms with Gasteiger partial charge in [0.1, 0.15) is 0 Å². The average Bonchev–Trinajstić information content (AvgIpc) is 2.87. The molecule has 34 heavy (non-hydrogen) atoms. The lowest BCUT2D eigenvalue weighted by atomic mass is 9.72. The van der Waals surface area contributed by atoms with Crippen molar-refractivity contribution in [3.8, 4) is 23.0 Å². The summed E-state index contributed by atoms with van der Waals surface area (Å²) in [6.45, 7) is 5.55. The van der Waals surface area contributed by atoms with Gasteiger partial charge in [-0.2, -0.15) is 0 Å². The van der Waals surface area contributed by atoms with Crippen molar-refractivity contribution >= 4 is 0 Å². The SMILES string of the molecule is CC[C@@H]1CN2CCc3cc(OC)c(OC)cc3[C@@H]2C[C@@H]1C[C@H]1NCCc2cc(O)c(OC)cc21. The Morgan fingerprint density at radius 3 is 2.35 bits per heavy atom. The van der Waals surface area contributed by atoms with Gasteiger partial charge in [0, 0.05) is 25.2 Å². The lowest BCUT2D eigenvalue weighted by molar-refractivity contribution is 0.0434. The van der Waals surface area contributed by atoms with Gasteiger partial charge in [0.15, 0.2) is 23.0 Å². The maximum absolute atomic E-state index is 10.3. The molecule has 0 spiro atoms. The molecule has 1 fully saturated rings. The highest BCUT2D eigenvalue weighted by Gasteiger charge is 2.40. The van der Waals surface area contributed by atoms with E-state index in [9.17, 15) is 5.11 Å². The van der Waals surface area contributed by atoms with E-state index in [0.29, 0.717) is 23.6 Å². The van der Waals surface area contributed by atoms with E-state index in [1.165, 1.54) is 28.7 Å². The summed E-state index contributed by atoms with van der Waals surface area (Å²) in [7, 11) is 5.06. The monoisotopic (exact) mass is 466 g/mol. The highest BCUT2D eigenvalue weighted by Crippen LogP contribution is 2.47. The summed E-state index contributed by atoms with van der Waals surface area (Å²) in [4.78, 5) is 2.70. The fourth-order valence-corrected chi connectivity index (χ4v) is 6.59. The summed E-state index contributed by atoms with van der Waals surface area (Å²) in [6, 6.07) is 9.06. The minimum absolute atomic E-state index is 0.241. The second kappa shape index (κ2) is 9.67. The van der Waals surface area contributed by atoms with Crippen molar-refractivity contribution in [2.75, 3.05) is 41.0 Å². The van der Waals surface area contributed by atoms with E-state index in [2.05, 4.69) is 29.3 Å². The maximum atomic E-state index is 10.3. The Kier molecular flexibility index (Phi) is 6.63. The van der Waals surface area contributed by atoms with Crippen molar-refractivity contribution in [3.63, 3.8) is 0 Å². The zero-order chi connectivity index (χ0) is 23.8. The number of rotatable bonds is 6. The van der Waals surface area contributed by atoms with Crippen LogP contribution in [0.1, 0.15) is 60.5 Å². The molecule has 1 saturated heterocycles. The fourth-order valence-electron chi connectivity index (χ4n) is 6.59. The molecule has 2 aromatic carbocycles. The first-order chi connectivity index (χ1) is 16.6. The molecule has 0 saturated carbocycles. The first-order valence-corrected chi connectivity index (χ1v) is 12.7. The Bertz CT molecular complexity index is 1040. The molecule has 5 rings (SSSR count). The van der Waals surface area contributed by atoms with Crippen molar-refractivity contribution in [1.29, 1.82) is 0 Å². The van der Waals surface area contributed by atoms with Crippen LogP contribution in [0.25, 0.3) is 0 Å². The molecule has 0 radical (unpaired) electrons. The molecule has 6 heteroatoms. The Morgan fingerprint density at radius 2 is 1.62 bits per heavy atom. The number of aromatic hydroxyl groups is 1. The summed E-state index contributed by atoms with van der Waals surface area (Å²) in [6.07, 6.45) is 5.46. The highest BCUT2D eigenvalue weighted by molar-refractivity contribution is 5.50. The number of methoxy groups -OCH3 is 3. The number of hydrogen-bond acceptors (Lipinski definition) is 6. The van der Waals surface area contributed by atoms with Crippen molar-refractivity contribution in [3.05, 3.63) is 46.5 Å². The summed E-state index contributed by atoms with van der Waals surface area (Å²) in [5.41, 5.74) is 5.34. The molecular weight excluding hydrogens is 428 g/mol. The minimum Gasteiger partial charge on any atom is -0.504 e. The Labute approximate surface area is 203 Å². The van der Waals surface area contributed by atoms with E-state index in [0.717, 1.165) is 56.8 Å². The summed E-state index contributed by atoms with van der Waals surface area (Å²) >= 11 is 0. The Balaban J connectivity index is 1.43. The number of benzene rings is 2. The number of fused-ring (bicyclic) bond motifs is 4. The lowest BCUT2D eigenvalue weighted by Crippen LogP contribution is -2.46. The number of piperidine rings is 1. The van der Waals surface area contributed by atoms with Crippen LogP contribution in [-0.2, 0) is 12.8 Å². The number of phenolic OH excluding ortho intramolecular Hbond substituents is 1. The van der Waals surface area contributed by atoms with Gasteiger partial charge in [-0.3, -0.25) is 4.90 Å². The normalized spacial score (nSPS) is 26.2. The molecule has 0 aliphatic carbocycles. The van der Waals surface area contributed by atoms with Gasteiger partial charge >= 0.3 is 0 Å². The molecule has 2 aromatic rings. The number of phenols is 1. The quantitative estimate of drug-likeness (QED) is 0.647. The zero-order valence-electron chi connectivity index (χ0n) is 20.9. The molecule has 3 aliphatic rings. The molecule has 0 aromatic heterocycles. The van der Waals surface area contributed by atoms with Gasteiger partial charge in [-0.15, -0.1) is 0 Å². The lowest BCUT2D eigenvalue weighted by Gasteiger charge is -2.48. The predicted molar refractivity (Wildman–Crippen MR) is 133 cm³/mol. The first kappa shape index (κ1) is 23.3. The molecule has 3 heterocycles. The first-order valence-electron chi connectivity index (χ1n) is 12.7. The van der Waals surface area contributed by atoms with Crippen LogP contribution in [0.2, 0.25) is 0 Å². The van der Waals surface area contributed by atoms with Crippen LogP contribution in [-0.4, -0.2) is 51.0 Å². The van der Waals surface area contributed by atoms with Gasteiger partial charge in [-0.25, -0.2) is 0 Å². The average molecular weight is 467 g/mol. The van der Waals surface area contributed by atoms with Gasteiger partial charge in [0.2, 0.25) is 0 Å². The Hall–Kier alpha value is -2.44. The van der Waals surface area contributed by atoms with Crippen molar-refractivity contribution in [2.24, 2.45) is 11.8 Å². The topological polar surface area (TPSA) is 63.2 Å². The fraction of sp³-hybridized carbons (Fsp3) is 0.571. The standard InChI is InChI=1S/C28H38N2O4/c1-5-17-16-30-9-7-19-13-27(33-3)28(34-4)15-22(19)24(30)11-20(17)10-23-21-14-26(32-2)25(31)12-18(21)6-8-29-23/h12-15,17,20,23-24,29,31H,5-11,16H2,1-4H3/t17-,20+,23-,24+/m1/s1. The molecule has 2 N–H and O–H groups in total. The molecular formula is C28H38N2O4. The van der Waals surface area contributed by atoms with Crippen LogP contribution >= 0.6 is 0 Å². The van der Waals surface area contributed by atoms with E-state index >= 15 is 0 Å². The third kappa shape index (κ3) is 4.11. The van der Waals surface area contributed by atoms with Gasteiger partial charge < -0.3 is 24.6 Å². The molecule has 0 unspecified atom stereocenters. The van der Waals surface area contributed by atoms with E-state index in [1.54, 1.807) is 21.3 Å². The van der Waals surface area contributed by atoms with E-state index < -0.39 is 0 Å². The van der Waals surface area contributed by atoms with Gasteiger partial charge in [0.25, 0.3) is 0 Å². The molecule has 184 valence electrons. The highest BCUT2D eigenvalue weighted by atomic mass is 16.5. The van der Waals surface area contributed by atoms with E-state index in [-0.39, 0.29) is 11.8 Å². The van der Waals surface area contributed by atoms with E-state index in [4.69, 9.17) is 14.2 Å². The van der Waals surface area contributed by atoms with Crippen LogP contribution in [0.15, 0.2) is 24.3 Å². The van der Waals surface area contributed by atoms with Gasteiger partial charge in [-0.05, 0) is 90.6 Å². The van der Waals surface area contributed by atoms with Crippen LogP contribution in [0.3, 0.4) is 0 Å². The van der Waals surface area contributed by atoms with Gasteiger partial charge in [-0.1, -0.05) is 13.3 Å². The zero-order valence-corrected chi connectivity index (χ0v) is 20.9. The minimum atomic E-state index is 0.241. The van der Waals surface area contributed by atoms with Gasteiger partial charge in [0.05, 0.1) is 21.3 Å². The van der Waals surface area contributed by atoms with Crippen molar-refractivity contribution in [1.82, 2.24) is 10.2 Å². The van der Waals surface area contributed by atoms with Crippen LogP contribution in [0.5, 0.6) is 23.0 Å². The smallest absolute Gasteiger partial charge is 0.161 e. The second-order valence-corrected chi connectivity index (χ2v) is 10.0. The van der Waals surface area contributed by atoms with E-state index in [1.807, 2.05) is 12.1 Å². The second-order valence-electron chi connectivity index (χ2n) is 10.0. The third-order valence-corrected chi connectivity index (χ3v) is 8.44. The molecule has 0 bridgehead atoms. The number of nitrogens with zero attached hydrogens (tertiary/aromatic N) is 1. The maximum Gasteiger partial charge on any atom is 0.161 e. The number of nitrogens with one attached hydrogen (secondary N) is 1. The Morgan fingerprint density at radius 1 is 0.912 bits per heavy atom. The molecule has 0 amide bonds. The predicted octanol–water partition coefficient (Wildman–Crippen LogP) is 4.64. The molecule has 3 aliphatic heterocycles. The number of ether oxygens (including phenoxy) is 3. The van der Waals surface area contributed by atoms with Crippen LogP contribution in [0.4, 0.5) is 0 Å². The molecule has 4 atom stereocenters. The summed E-state index contributed by atoms with van der Waals surface area (Å²) in [5.74, 6) is 3.76.